The predicted molar refractivity (Wildman–Crippen MR) is 69.7 cm³/mol. The molecule has 2 nitrogen and oxygen atoms in total. The van der Waals surface area contributed by atoms with Gasteiger partial charge in [0, 0.05) is 4.90 Å². The first kappa shape index (κ1) is 13.3. The van der Waals surface area contributed by atoms with Crippen molar-refractivity contribution in [1.29, 1.82) is 0 Å². The Morgan fingerprint density at radius 2 is 1.81 bits per heavy atom. The summed E-state index contributed by atoms with van der Waals surface area (Å²) >= 11 is 1.49. The van der Waals surface area contributed by atoms with E-state index in [0.717, 1.165) is 11.2 Å². The van der Waals surface area contributed by atoms with E-state index in [4.69, 9.17) is 0 Å². The highest BCUT2D eigenvalue weighted by atomic mass is 32.2. The second-order valence-electron chi connectivity index (χ2n) is 4.77. The molecule has 0 fully saturated rings. The van der Waals surface area contributed by atoms with Gasteiger partial charge in [-0.1, -0.05) is 26.0 Å². The van der Waals surface area contributed by atoms with Gasteiger partial charge in [0.1, 0.15) is 6.29 Å². The minimum atomic E-state index is -0.485. The Hall–Kier alpha value is -0.800. The van der Waals surface area contributed by atoms with Crippen LogP contribution in [0, 0.1) is 0 Å². The van der Waals surface area contributed by atoms with Crippen LogP contribution >= 0.6 is 11.9 Å². The van der Waals surface area contributed by atoms with Gasteiger partial charge < -0.3 is 4.79 Å². The van der Waals surface area contributed by atoms with Crippen LogP contribution in [0.4, 0.5) is 0 Å². The van der Waals surface area contributed by atoms with Crippen molar-refractivity contribution in [3.63, 3.8) is 0 Å². The van der Waals surface area contributed by atoms with Gasteiger partial charge in [0.15, 0.2) is 0 Å². The summed E-state index contributed by atoms with van der Waals surface area (Å²) in [5.74, 6) is 0.554. The number of benzene rings is 1. The van der Waals surface area contributed by atoms with E-state index in [0.29, 0.717) is 5.92 Å². The summed E-state index contributed by atoms with van der Waals surface area (Å²) in [7, 11) is 0. The fraction of sp³-hybridized carbons (Fsp3) is 0.462. The molecule has 0 amide bonds. The highest BCUT2D eigenvalue weighted by Gasteiger charge is 2.15. The monoisotopic (exact) mass is 237 g/mol. The van der Waals surface area contributed by atoms with E-state index in [1.807, 2.05) is 13.8 Å². The molecule has 0 unspecified atom stereocenters. The maximum Gasteiger partial charge on any atom is 0.140 e. The Balaban J connectivity index is 2.59. The number of hydrogen-bond acceptors (Lipinski definition) is 3. The van der Waals surface area contributed by atoms with Crippen LogP contribution in [-0.4, -0.2) is 11.8 Å². The van der Waals surface area contributed by atoms with Crippen LogP contribution in [0.5, 0.6) is 0 Å². The van der Waals surface area contributed by atoms with Gasteiger partial charge in [-0.05, 0) is 49.4 Å². The summed E-state index contributed by atoms with van der Waals surface area (Å²) in [6, 6.07) is 8.41. The zero-order valence-corrected chi connectivity index (χ0v) is 11.1. The van der Waals surface area contributed by atoms with Crippen molar-refractivity contribution in [2.75, 3.05) is 0 Å². The molecule has 0 spiro atoms. The Labute approximate surface area is 102 Å². The molecule has 0 aliphatic rings. The van der Waals surface area contributed by atoms with Crippen molar-refractivity contribution >= 4 is 18.2 Å². The zero-order valence-electron chi connectivity index (χ0n) is 10.3. The Kier molecular flexibility index (Phi) is 4.56. The third-order valence-electron chi connectivity index (χ3n) is 2.27. The predicted octanol–water partition coefficient (Wildman–Crippen LogP) is 3.38. The molecule has 0 aromatic heterocycles. The van der Waals surface area contributed by atoms with Crippen LogP contribution in [0.15, 0.2) is 29.2 Å². The first-order chi connectivity index (χ1) is 7.44. The van der Waals surface area contributed by atoms with Crippen LogP contribution in [0.2, 0.25) is 0 Å². The molecular formula is C13H19NOS. The van der Waals surface area contributed by atoms with E-state index < -0.39 is 5.54 Å². The van der Waals surface area contributed by atoms with Crippen molar-refractivity contribution in [1.82, 2.24) is 4.72 Å². The summed E-state index contributed by atoms with van der Waals surface area (Å²) in [6.45, 7) is 8.07. The quantitative estimate of drug-likeness (QED) is 0.628. The van der Waals surface area contributed by atoms with Crippen molar-refractivity contribution in [3.05, 3.63) is 29.8 Å². The number of aldehydes is 1. The minimum Gasteiger partial charge on any atom is -0.301 e. The van der Waals surface area contributed by atoms with Crippen molar-refractivity contribution in [2.45, 2.75) is 44.0 Å². The molecule has 0 saturated carbocycles. The van der Waals surface area contributed by atoms with Gasteiger partial charge in [-0.3, -0.25) is 0 Å². The molecule has 0 aliphatic heterocycles. The van der Waals surface area contributed by atoms with E-state index in [9.17, 15) is 4.79 Å². The van der Waals surface area contributed by atoms with Crippen molar-refractivity contribution in [3.8, 4) is 0 Å². The molecule has 3 heteroatoms. The molecule has 0 radical (unpaired) electrons. The van der Waals surface area contributed by atoms with E-state index in [1.54, 1.807) is 0 Å². The minimum absolute atomic E-state index is 0.485. The summed E-state index contributed by atoms with van der Waals surface area (Å²) in [5, 5.41) is 0. The van der Waals surface area contributed by atoms with E-state index in [2.05, 4.69) is 42.8 Å². The van der Waals surface area contributed by atoms with Crippen LogP contribution in [0.3, 0.4) is 0 Å². The maximum atomic E-state index is 10.7. The smallest absolute Gasteiger partial charge is 0.140 e. The highest BCUT2D eigenvalue weighted by molar-refractivity contribution is 7.97. The van der Waals surface area contributed by atoms with E-state index >= 15 is 0 Å². The van der Waals surface area contributed by atoms with E-state index in [-0.39, 0.29) is 0 Å². The van der Waals surface area contributed by atoms with Gasteiger partial charge >= 0.3 is 0 Å². The molecule has 88 valence electrons. The summed E-state index contributed by atoms with van der Waals surface area (Å²) < 4.78 is 3.12. The average Bonchev–Trinajstić information content (AvgIpc) is 2.27. The number of nitrogens with one attached hydrogen (secondary N) is 1. The number of carbonyl (C=O) groups is 1. The number of rotatable bonds is 5. The van der Waals surface area contributed by atoms with Gasteiger partial charge in [-0.2, -0.15) is 0 Å². The van der Waals surface area contributed by atoms with Crippen molar-refractivity contribution in [2.24, 2.45) is 0 Å². The zero-order chi connectivity index (χ0) is 12.2. The molecule has 1 aromatic carbocycles. The largest absolute Gasteiger partial charge is 0.301 e. The fourth-order valence-corrected chi connectivity index (χ4v) is 1.84. The lowest BCUT2D eigenvalue weighted by Gasteiger charge is -2.18. The van der Waals surface area contributed by atoms with Gasteiger partial charge in [-0.25, -0.2) is 4.72 Å². The van der Waals surface area contributed by atoms with Gasteiger partial charge in [0.05, 0.1) is 5.54 Å². The van der Waals surface area contributed by atoms with Crippen LogP contribution in [0.1, 0.15) is 39.2 Å². The second-order valence-corrected chi connectivity index (χ2v) is 5.65. The normalized spacial score (nSPS) is 11.8. The van der Waals surface area contributed by atoms with Crippen LogP contribution in [-0.2, 0) is 4.79 Å². The Morgan fingerprint density at radius 3 is 2.25 bits per heavy atom. The van der Waals surface area contributed by atoms with Crippen LogP contribution < -0.4 is 4.72 Å². The molecule has 1 rings (SSSR count). The SMILES string of the molecule is CC(C)c1ccc(SNC(C)(C)C=O)cc1. The molecule has 16 heavy (non-hydrogen) atoms. The Bertz CT molecular complexity index is 343. The molecule has 0 heterocycles. The molecule has 0 atom stereocenters. The molecule has 0 saturated heterocycles. The first-order valence-electron chi connectivity index (χ1n) is 5.45. The third-order valence-corrected chi connectivity index (χ3v) is 3.41. The Morgan fingerprint density at radius 1 is 1.25 bits per heavy atom. The van der Waals surface area contributed by atoms with Gasteiger partial charge in [0.2, 0.25) is 0 Å². The van der Waals surface area contributed by atoms with Gasteiger partial charge in [0.25, 0.3) is 0 Å². The molecular weight excluding hydrogens is 218 g/mol. The highest BCUT2D eigenvalue weighted by Crippen LogP contribution is 2.21. The molecule has 0 bridgehead atoms. The topological polar surface area (TPSA) is 29.1 Å². The maximum absolute atomic E-state index is 10.7. The first-order valence-corrected chi connectivity index (χ1v) is 6.26. The summed E-state index contributed by atoms with van der Waals surface area (Å²) in [6.07, 6.45) is 0.919. The lowest BCUT2D eigenvalue weighted by Crippen LogP contribution is -2.35. The standard InChI is InChI=1S/C13H19NOS/c1-10(2)11-5-7-12(8-6-11)16-14-13(3,4)9-15/h5-10,14H,1-4H3. The number of hydrogen-bond donors (Lipinski definition) is 1. The van der Waals surface area contributed by atoms with Crippen LogP contribution in [0.25, 0.3) is 0 Å². The lowest BCUT2D eigenvalue weighted by molar-refractivity contribution is -0.111. The van der Waals surface area contributed by atoms with Gasteiger partial charge in [-0.15, -0.1) is 0 Å². The third kappa shape index (κ3) is 3.99. The van der Waals surface area contributed by atoms with E-state index in [1.165, 1.54) is 17.5 Å². The molecule has 1 aromatic rings. The van der Waals surface area contributed by atoms with Crippen molar-refractivity contribution < 1.29 is 4.79 Å². The molecule has 1 N–H and O–H groups in total. The summed E-state index contributed by atoms with van der Waals surface area (Å²) in [5.41, 5.74) is 0.848. The molecule has 0 aliphatic carbocycles. The lowest BCUT2D eigenvalue weighted by atomic mass is 10.0. The number of carbonyl (C=O) groups excluding carboxylic acids is 1. The average molecular weight is 237 g/mol. The fourth-order valence-electron chi connectivity index (χ4n) is 1.14. The second kappa shape index (κ2) is 5.51. The summed E-state index contributed by atoms with van der Waals surface area (Å²) in [4.78, 5) is 11.8.